The molecule has 0 N–H and O–H groups in total. The number of aryl methyl sites for hydroxylation is 1. The quantitative estimate of drug-likeness (QED) is 0.337. The van der Waals surface area contributed by atoms with Crippen LogP contribution < -0.4 is 0 Å². The summed E-state index contributed by atoms with van der Waals surface area (Å²) in [6.07, 6.45) is 3.67. The van der Waals surface area contributed by atoms with E-state index in [1.165, 1.54) is 0 Å². The highest BCUT2D eigenvalue weighted by Gasteiger charge is 2.14. The number of nitrogens with zero attached hydrogens (tertiary/aromatic N) is 3. The molecule has 142 valence electrons. The van der Waals surface area contributed by atoms with Crippen molar-refractivity contribution in [2.24, 2.45) is 0 Å². The van der Waals surface area contributed by atoms with E-state index < -0.39 is 0 Å². The van der Waals surface area contributed by atoms with Gasteiger partial charge in [-0.3, -0.25) is 9.97 Å². The number of pyridine rings is 3. The third-order valence-electron chi connectivity index (χ3n) is 5.48. The van der Waals surface area contributed by atoms with Crippen LogP contribution in [0.2, 0.25) is 0 Å². The van der Waals surface area contributed by atoms with Crippen LogP contribution in [0.3, 0.4) is 0 Å². The van der Waals surface area contributed by atoms with Gasteiger partial charge in [0.05, 0.1) is 11.2 Å². The minimum absolute atomic E-state index is 0.663. The molecule has 4 heterocycles. The second-order valence-electron chi connectivity index (χ2n) is 7.43. The molecule has 6 rings (SSSR count). The highest BCUT2D eigenvalue weighted by atomic mass is 16.3. The van der Waals surface area contributed by atoms with Crippen molar-refractivity contribution >= 4 is 33.0 Å². The largest absolute Gasteiger partial charge is 0.437 e. The second-order valence-corrected chi connectivity index (χ2v) is 7.43. The highest BCUT2D eigenvalue weighted by molar-refractivity contribution is 6.08. The first-order chi connectivity index (χ1) is 14.8. The molecular weight excluding hydrogens is 370 g/mol. The smallest absolute Gasteiger partial charge is 0.227 e. The van der Waals surface area contributed by atoms with E-state index in [4.69, 9.17) is 4.42 Å². The monoisotopic (exact) mass is 387 g/mol. The lowest BCUT2D eigenvalue weighted by Gasteiger charge is -2.07. The van der Waals surface area contributed by atoms with Gasteiger partial charge in [0, 0.05) is 39.8 Å². The maximum atomic E-state index is 6.16. The Hall–Kier alpha value is -4.05. The zero-order chi connectivity index (χ0) is 20.1. The van der Waals surface area contributed by atoms with Crippen LogP contribution in [-0.4, -0.2) is 15.0 Å². The van der Waals surface area contributed by atoms with Crippen LogP contribution in [0.4, 0.5) is 0 Å². The molecule has 0 amide bonds. The van der Waals surface area contributed by atoms with E-state index in [-0.39, 0.29) is 0 Å². The summed E-state index contributed by atoms with van der Waals surface area (Å²) in [5.74, 6) is 0. The molecule has 30 heavy (non-hydrogen) atoms. The lowest BCUT2D eigenvalue weighted by Crippen LogP contribution is -1.87. The zero-order valence-corrected chi connectivity index (χ0v) is 16.3. The Morgan fingerprint density at radius 1 is 0.733 bits per heavy atom. The SMILES string of the molecule is Cc1ccc2c(n1)oc1c(-c3cc(-c4ccc5ncccc5c4)ccn3)cccc12. The van der Waals surface area contributed by atoms with Crippen LogP contribution in [0.1, 0.15) is 5.69 Å². The van der Waals surface area contributed by atoms with Crippen molar-refractivity contribution < 1.29 is 4.42 Å². The number of furan rings is 1. The number of benzene rings is 2. The second kappa shape index (κ2) is 6.49. The average Bonchev–Trinajstić information content (AvgIpc) is 3.16. The van der Waals surface area contributed by atoms with Crippen molar-refractivity contribution in [2.75, 3.05) is 0 Å². The minimum atomic E-state index is 0.663. The fourth-order valence-electron chi connectivity index (χ4n) is 3.99. The Morgan fingerprint density at radius 3 is 2.63 bits per heavy atom. The summed E-state index contributed by atoms with van der Waals surface area (Å²) in [6.45, 7) is 1.97. The lowest BCUT2D eigenvalue weighted by atomic mass is 10.0. The summed E-state index contributed by atoms with van der Waals surface area (Å²) in [7, 11) is 0. The first-order valence-electron chi connectivity index (χ1n) is 9.87. The molecule has 0 unspecified atom stereocenters. The van der Waals surface area contributed by atoms with Crippen LogP contribution in [-0.2, 0) is 0 Å². The minimum Gasteiger partial charge on any atom is -0.437 e. The Morgan fingerprint density at radius 2 is 1.67 bits per heavy atom. The third-order valence-corrected chi connectivity index (χ3v) is 5.48. The lowest BCUT2D eigenvalue weighted by molar-refractivity contribution is 0.653. The van der Waals surface area contributed by atoms with Gasteiger partial charge in [-0.2, -0.15) is 0 Å². The fraction of sp³-hybridized carbons (Fsp3) is 0.0385. The maximum Gasteiger partial charge on any atom is 0.227 e. The molecule has 4 nitrogen and oxygen atoms in total. The summed E-state index contributed by atoms with van der Waals surface area (Å²) in [5.41, 5.74) is 7.49. The van der Waals surface area contributed by atoms with E-state index in [2.05, 4.69) is 57.4 Å². The number of para-hydroxylation sites is 1. The highest BCUT2D eigenvalue weighted by Crippen LogP contribution is 2.35. The average molecular weight is 387 g/mol. The van der Waals surface area contributed by atoms with E-state index in [0.717, 1.165) is 55.3 Å². The molecule has 2 aromatic carbocycles. The van der Waals surface area contributed by atoms with Gasteiger partial charge in [-0.05, 0) is 66.6 Å². The topological polar surface area (TPSA) is 51.8 Å². The Bertz CT molecular complexity index is 1570. The van der Waals surface area contributed by atoms with Crippen LogP contribution in [0.15, 0.2) is 89.6 Å². The molecule has 0 radical (unpaired) electrons. The van der Waals surface area contributed by atoms with Crippen LogP contribution in [0.5, 0.6) is 0 Å². The maximum absolute atomic E-state index is 6.16. The van der Waals surface area contributed by atoms with Crippen molar-refractivity contribution in [3.63, 3.8) is 0 Å². The number of aromatic nitrogens is 3. The third kappa shape index (κ3) is 2.65. The van der Waals surface area contributed by atoms with Gasteiger partial charge < -0.3 is 4.42 Å². The molecule has 4 aromatic heterocycles. The van der Waals surface area contributed by atoms with Crippen LogP contribution in [0.25, 0.3) is 55.4 Å². The summed E-state index contributed by atoms with van der Waals surface area (Å²) in [5, 5.41) is 3.20. The Kier molecular flexibility index (Phi) is 3.65. The Balaban J connectivity index is 1.53. The molecular formula is C26H17N3O. The van der Waals surface area contributed by atoms with Gasteiger partial charge in [-0.15, -0.1) is 0 Å². The summed E-state index contributed by atoms with van der Waals surface area (Å²) < 4.78 is 6.16. The molecule has 0 aliphatic heterocycles. The van der Waals surface area contributed by atoms with Gasteiger partial charge in [0.1, 0.15) is 5.58 Å². The molecule has 0 bridgehead atoms. The van der Waals surface area contributed by atoms with E-state index in [0.29, 0.717) is 5.71 Å². The fourth-order valence-corrected chi connectivity index (χ4v) is 3.99. The van der Waals surface area contributed by atoms with E-state index in [9.17, 15) is 0 Å². The first kappa shape index (κ1) is 16.9. The number of hydrogen-bond acceptors (Lipinski definition) is 4. The summed E-state index contributed by atoms with van der Waals surface area (Å²) in [4.78, 5) is 13.6. The van der Waals surface area contributed by atoms with Gasteiger partial charge in [-0.1, -0.05) is 24.3 Å². The normalized spacial score (nSPS) is 11.5. The van der Waals surface area contributed by atoms with E-state index >= 15 is 0 Å². The van der Waals surface area contributed by atoms with Crippen molar-refractivity contribution in [2.45, 2.75) is 6.92 Å². The number of fused-ring (bicyclic) bond motifs is 4. The molecule has 0 aliphatic carbocycles. The van der Waals surface area contributed by atoms with Gasteiger partial charge in [0.25, 0.3) is 0 Å². The van der Waals surface area contributed by atoms with Gasteiger partial charge in [-0.25, -0.2) is 4.98 Å². The zero-order valence-electron chi connectivity index (χ0n) is 16.3. The van der Waals surface area contributed by atoms with Crippen molar-refractivity contribution in [3.8, 4) is 22.4 Å². The van der Waals surface area contributed by atoms with Crippen molar-refractivity contribution in [1.82, 2.24) is 15.0 Å². The molecule has 6 aromatic rings. The van der Waals surface area contributed by atoms with Crippen LogP contribution >= 0.6 is 0 Å². The predicted octanol–water partition coefficient (Wildman–Crippen LogP) is 6.57. The standard InChI is InChI=1S/C26H17N3O/c1-16-7-9-21-20-5-2-6-22(25(20)30-26(21)29-16)24-15-18(11-13-28-24)17-8-10-23-19(14-17)4-3-12-27-23/h2-15H,1H3. The van der Waals surface area contributed by atoms with Gasteiger partial charge in [0.15, 0.2) is 0 Å². The Labute approximate surface area is 172 Å². The molecule has 4 heteroatoms. The van der Waals surface area contributed by atoms with E-state index in [1.54, 1.807) is 0 Å². The predicted molar refractivity (Wildman–Crippen MR) is 120 cm³/mol. The van der Waals surface area contributed by atoms with Crippen molar-refractivity contribution in [1.29, 1.82) is 0 Å². The summed E-state index contributed by atoms with van der Waals surface area (Å²) in [6, 6.07) is 24.7. The molecule has 0 aliphatic rings. The van der Waals surface area contributed by atoms with Gasteiger partial charge in [0.2, 0.25) is 5.71 Å². The number of rotatable bonds is 2. The number of hydrogen-bond donors (Lipinski definition) is 0. The molecule has 0 saturated carbocycles. The van der Waals surface area contributed by atoms with Crippen molar-refractivity contribution in [3.05, 3.63) is 90.9 Å². The molecule has 0 saturated heterocycles. The van der Waals surface area contributed by atoms with Crippen LogP contribution in [0, 0.1) is 6.92 Å². The molecule has 0 fully saturated rings. The van der Waals surface area contributed by atoms with Gasteiger partial charge >= 0.3 is 0 Å². The molecule has 0 spiro atoms. The first-order valence-corrected chi connectivity index (χ1v) is 9.87. The van der Waals surface area contributed by atoms with E-state index in [1.807, 2.05) is 49.6 Å². The molecule has 0 atom stereocenters. The summed E-state index contributed by atoms with van der Waals surface area (Å²) >= 11 is 0.